The Morgan fingerprint density at radius 2 is 2.14 bits per heavy atom. The van der Waals surface area contributed by atoms with Gasteiger partial charge < -0.3 is 25.8 Å². The van der Waals surface area contributed by atoms with Crippen LogP contribution in [0.2, 0.25) is 0 Å². The number of carbonyl (C=O) groups is 2. The van der Waals surface area contributed by atoms with Crippen LogP contribution in [-0.2, 0) is 27.2 Å². The Balaban J connectivity index is 1.47. The van der Waals surface area contributed by atoms with Crippen LogP contribution in [0.25, 0.3) is 0 Å². The molecule has 4 N–H and O–H groups in total. The van der Waals surface area contributed by atoms with Gasteiger partial charge in [0, 0.05) is 44.5 Å². The fourth-order valence-electron chi connectivity index (χ4n) is 4.24. The van der Waals surface area contributed by atoms with Crippen LogP contribution in [0, 0.1) is 0 Å². The Kier molecular flexibility index (Phi) is 10.4. The van der Waals surface area contributed by atoms with Gasteiger partial charge in [-0.25, -0.2) is 9.78 Å². The first-order chi connectivity index (χ1) is 16.9. The zero-order valence-electron chi connectivity index (χ0n) is 20.9. The van der Waals surface area contributed by atoms with Gasteiger partial charge in [0.2, 0.25) is 5.91 Å². The van der Waals surface area contributed by atoms with Crippen LogP contribution in [0.1, 0.15) is 50.8 Å². The number of pyridine rings is 1. The molecule has 3 heterocycles. The third-order valence-electron chi connectivity index (χ3n) is 6.23. The number of carboxylic acid groups (broad SMARTS) is 1. The molecule has 2 aliphatic rings. The third-order valence-corrected chi connectivity index (χ3v) is 6.23. The summed E-state index contributed by atoms with van der Waals surface area (Å²) in [5.41, 5.74) is 2.40. The molecule has 9 heteroatoms. The molecule has 35 heavy (non-hydrogen) atoms. The van der Waals surface area contributed by atoms with E-state index < -0.39 is 12.0 Å². The summed E-state index contributed by atoms with van der Waals surface area (Å²) in [6.07, 6.45) is 11.3. The van der Waals surface area contributed by atoms with E-state index in [1.165, 1.54) is 12.5 Å². The quantitative estimate of drug-likeness (QED) is 0.297. The number of carboxylic acids is 1. The number of nitrogens with one attached hydrogen (secondary N) is 3. The molecule has 1 aromatic heterocycles. The first kappa shape index (κ1) is 26.5. The lowest BCUT2D eigenvalue weighted by Gasteiger charge is -2.25. The maximum absolute atomic E-state index is 11.5. The number of aromatic nitrogens is 1. The molecule has 0 saturated heterocycles. The number of dihydropyridines is 1. The molecule has 2 unspecified atom stereocenters. The number of fused-ring (bicyclic) bond motifs is 1. The highest BCUT2D eigenvalue weighted by Crippen LogP contribution is 2.20. The van der Waals surface area contributed by atoms with E-state index in [4.69, 9.17) is 9.72 Å². The lowest BCUT2D eigenvalue weighted by molar-refractivity contribution is -0.141. The van der Waals surface area contributed by atoms with E-state index in [0.29, 0.717) is 32.2 Å². The van der Waals surface area contributed by atoms with Crippen molar-refractivity contribution in [3.63, 3.8) is 0 Å². The van der Waals surface area contributed by atoms with Crippen molar-refractivity contribution in [3.05, 3.63) is 47.5 Å². The van der Waals surface area contributed by atoms with Crippen LogP contribution < -0.4 is 16.0 Å². The van der Waals surface area contributed by atoms with Crippen molar-refractivity contribution in [2.45, 2.75) is 64.5 Å². The number of rotatable bonds is 14. The van der Waals surface area contributed by atoms with Crippen LogP contribution in [0.5, 0.6) is 0 Å². The van der Waals surface area contributed by atoms with Crippen LogP contribution in [0.3, 0.4) is 0 Å². The maximum Gasteiger partial charge on any atom is 0.326 e. The number of anilines is 1. The summed E-state index contributed by atoms with van der Waals surface area (Å²) in [6, 6.07) is 3.72. The summed E-state index contributed by atoms with van der Waals surface area (Å²) < 4.78 is 5.88. The van der Waals surface area contributed by atoms with Gasteiger partial charge in [0.1, 0.15) is 24.2 Å². The zero-order valence-corrected chi connectivity index (χ0v) is 20.9. The van der Waals surface area contributed by atoms with Gasteiger partial charge in [-0.15, -0.1) is 0 Å². The smallest absolute Gasteiger partial charge is 0.326 e. The standard InChI is InChI=1S/C26H39N5O4/c1-19-8-11-23(18-28-19)35-17-16-31(15-12-24(26(33)34)29-20(2)32)14-4-3-7-22-10-9-21-6-5-13-27-25(21)30-22/h8-11,18-19,24,28H,3-7,12-17H2,1-2H3,(H,27,30)(H,29,32)(H,33,34). The first-order valence-electron chi connectivity index (χ1n) is 12.6. The number of amides is 1. The van der Waals surface area contributed by atoms with Crippen LogP contribution in [0.4, 0.5) is 5.82 Å². The molecule has 2 aliphatic heterocycles. The summed E-state index contributed by atoms with van der Waals surface area (Å²) in [7, 11) is 0. The molecule has 192 valence electrons. The first-order valence-corrected chi connectivity index (χ1v) is 12.6. The Morgan fingerprint density at radius 1 is 1.29 bits per heavy atom. The molecule has 0 bridgehead atoms. The molecule has 2 atom stereocenters. The molecular weight excluding hydrogens is 446 g/mol. The monoisotopic (exact) mass is 485 g/mol. The number of carbonyl (C=O) groups excluding carboxylic acids is 1. The number of aliphatic carboxylic acids is 1. The zero-order chi connectivity index (χ0) is 25.0. The summed E-state index contributed by atoms with van der Waals surface area (Å²) in [6.45, 7) is 6.95. The normalized spacial score (nSPS) is 17.6. The van der Waals surface area contributed by atoms with Gasteiger partial charge >= 0.3 is 5.97 Å². The van der Waals surface area contributed by atoms with Crippen molar-refractivity contribution in [3.8, 4) is 0 Å². The minimum atomic E-state index is -1.01. The number of ether oxygens (including phenoxy) is 1. The third kappa shape index (κ3) is 9.24. The molecule has 0 spiro atoms. The highest BCUT2D eigenvalue weighted by molar-refractivity contribution is 5.82. The highest BCUT2D eigenvalue weighted by Gasteiger charge is 2.19. The number of nitrogens with zero attached hydrogens (tertiary/aromatic N) is 2. The van der Waals surface area contributed by atoms with Gasteiger partial charge in [0.05, 0.1) is 0 Å². The van der Waals surface area contributed by atoms with Gasteiger partial charge in [-0.1, -0.05) is 12.1 Å². The predicted octanol–water partition coefficient (Wildman–Crippen LogP) is 2.45. The van der Waals surface area contributed by atoms with Crippen molar-refractivity contribution in [1.29, 1.82) is 0 Å². The second-order valence-electron chi connectivity index (χ2n) is 9.23. The number of unbranched alkanes of at least 4 members (excludes halogenated alkanes) is 1. The summed E-state index contributed by atoms with van der Waals surface area (Å²) in [5, 5.41) is 18.6. The molecule has 1 aromatic rings. The van der Waals surface area contributed by atoms with Gasteiger partial charge in [-0.05, 0) is 69.7 Å². The SMILES string of the molecule is CC(=O)NC(CCN(CCCCc1ccc2c(n1)NCCC2)CCOC1=CNC(C)C=C1)C(=O)O. The maximum atomic E-state index is 11.5. The van der Waals surface area contributed by atoms with E-state index in [0.717, 1.165) is 62.5 Å². The molecule has 0 fully saturated rings. The van der Waals surface area contributed by atoms with E-state index in [9.17, 15) is 14.7 Å². The lowest BCUT2D eigenvalue weighted by atomic mass is 10.1. The van der Waals surface area contributed by atoms with Crippen molar-refractivity contribution >= 4 is 17.7 Å². The minimum Gasteiger partial charge on any atom is -0.491 e. The van der Waals surface area contributed by atoms with E-state index in [1.54, 1.807) is 0 Å². The van der Waals surface area contributed by atoms with Crippen LogP contribution >= 0.6 is 0 Å². The Hall–Kier alpha value is -3.07. The summed E-state index contributed by atoms with van der Waals surface area (Å²) >= 11 is 0. The Morgan fingerprint density at radius 3 is 2.89 bits per heavy atom. The molecule has 0 aromatic carbocycles. The number of hydrogen-bond donors (Lipinski definition) is 4. The Labute approximate surface area is 208 Å². The fraction of sp³-hybridized carbons (Fsp3) is 0.577. The molecule has 3 rings (SSSR count). The minimum absolute atomic E-state index is 0.293. The molecule has 0 saturated carbocycles. The lowest BCUT2D eigenvalue weighted by Crippen LogP contribution is -2.42. The molecule has 9 nitrogen and oxygen atoms in total. The van der Waals surface area contributed by atoms with Crippen LogP contribution in [-0.4, -0.2) is 71.7 Å². The average molecular weight is 486 g/mol. The number of aryl methyl sites for hydroxylation is 2. The van der Waals surface area contributed by atoms with Gasteiger partial charge in [-0.3, -0.25) is 9.69 Å². The molecular formula is C26H39N5O4. The second-order valence-corrected chi connectivity index (χ2v) is 9.23. The molecule has 0 radical (unpaired) electrons. The van der Waals surface area contributed by atoms with E-state index in [-0.39, 0.29) is 5.91 Å². The van der Waals surface area contributed by atoms with Crippen LogP contribution in [0.15, 0.2) is 36.2 Å². The molecule has 1 amide bonds. The number of allylic oxidation sites excluding steroid dienone is 1. The highest BCUT2D eigenvalue weighted by atomic mass is 16.5. The largest absolute Gasteiger partial charge is 0.491 e. The second kappa shape index (κ2) is 13.7. The van der Waals surface area contributed by atoms with Crippen molar-refractivity contribution in [1.82, 2.24) is 20.5 Å². The van der Waals surface area contributed by atoms with Gasteiger partial charge in [0.25, 0.3) is 0 Å². The van der Waals surface area contributed by atoms with Gasteiger partial charge in [0.15, 0.2) is 0 Å². The summed E-state index contributed by atoms with van der Waals surface area (Å²) in [5.74, 6) is 0.468. The fourth-order valence-corrected chi connectivity index (χ4v) is 4.24. The summed E-state index contributed by atoms with van der Waals surface area (Å²) in [4.78, 5) is 29.9. The topological polar surface area (TPSA) is 116 Å². The van der Waals surface area contributed by atoms with E-state index in [2.05, 4.69) is 39.9 Å². The van der Waals surface area contributed by atoms with Crippen molar-refractivity contribution < 1.29 is 19.4 Å². The average Bonchev–Trinajstić information content (AvgIpc) is 2.84. The van der Waals surface area contributed by atoms with Crippen molar-refractivity contribution in [2.24, 2.45) is 0 Å². The van der Waals surface area contributed by atoms with E-state index in [1.807, 2.05) is 18.4 Å². The molecule has 0 aliphatic carbocycles. The van der Waals surface area contributed by atoms with E-state index >= 15 is 0 Å². The predicted molar refractivity (Wildman–Crippen MR) is 136 cm³/mol. The van der Waals surface area contributed by atoms with Crippen molar-refractivity contribution in [2.75, 3.05) is 38.1 Å². The Bertz CT molecular complexity index is 917. The van der Waals surface area contributed by atoms with Gasteiger partial charge in [-0.2, -0.15) is 0 Å². The number of hydrogen-bond acceptors (Lipinski definition) is 7.